The Bertz CT molecular complexity index is 721. The van der Waals surface area contributed by atoms with Crippen molar-refractivity contribution >= 4 is 11.9 Å². The number of aromatic nitrogens is 6. The summed E-state index contributed by atoms with van der Waals surface area (Å²) in [6, 6.07) is 3.81. The fourth-order valence-corrected chi connectivity index (χ4v) is 1.72. The first-order chi connectivity index (χ1) is 10.2. The molecule has 0 spiro atoms. The second-order valence-electron chi connectivity index (χ2n) is 4.24. The third-order valence-electron chi connectivity index (χ3n) is 2.69. The highest BCUT2D eigenvalue weighted by molar-refractivity contribution is 5.37. The molecule has 9 heteroatoms. The van der Waals surface area contributed by atoms with Crippen molar-refractivity contribution in [3.05, 3.63) is 36.3 Å². The van der Waals surface area contributed by atoms with Gasteiger partial charge in [0.25, 0.3) is 5.95 Å². The third-order valence-corrected chi connectivity index (χ3v) is 2.69. The van der Waals surface area contributed by atoms with E-state index in [1.165, 1.54) is 17.3 Å². The van der Waals surface area contributed by atoms with Crippen LogP contribution < -0.4 is 10.6 Å². The molecule has 0 fully saturated rings. The van der Waals surface area contributed by atoms with Crippen molar-refractivity contribution in [2.75, 3.05) is 17.7 Å². The van der Waals surface area contributed by atoms with Gasteiger partial charge in [-0.3, -0.25) is 0 Å². The summed E-state index contributed by atoms with van der Waals surface area (Å²) in [4.78, 5) is 16.6. The van der Waals surface area contributed by atoms with Gasteiger partial charge < -0.3 is 15.1 Å². The number of anilines is 2. The first kappa shape index (κ1) is 13.0. The summed E-state index contributed by atoms with van der Waals surface area (Å²) in [6.07, 6.45) is 2.94. The van der Waals surface area contributed by atoms with Crippen LogP contribution in [0.2, 0.25) is 0 Å². The summed E-state index contributed by atoms with van der Waals surface area (Å²) in [5.41, 5.74) is 0. The fraction of sp³-hybridized carbons (Fsp3) is 0.250. The molecule has 0 atom stereocenters. The van der Waals surface area contributed by atoms with Crippen LogP contribution in [0.25, 0.3) is 5.95 Å². The van der Waals surface area contributed by atoms with E-state index in [0.29, 0.717) is 24.4 Å². The van der Waals surface area contributed by atoms with Crippen molar-refractivity contribution in [3.8, 4) is 5.95 Å². The van der Waals surface area contributed by atoms with Crippen LogP contribution in [0, 0.1) is 6.92 Å². The van der Waals surface area contributed by atoms with Crippen molar-refractivity contribution in [1.29, 1.82) is 0 Å². The van der Waals surface area contributed by atoms with E-state index in [0.717, 1.165) is 11.5 Å². The molecule has 2 N–H and O–H groups in total. The van der Waals surface area contributed by atoms with E-state index >= 15 is 0 Å². The number of nitrogens with one attached hydrogen (secondary N) is 2. The molecule has 3 aromatic rings. The molecule has 0 bridgehead atoms. The van der Waals surface area contributed by atoms with E-state index in [2.05, 4.69) is 35.7 Å². The lowest BCUT2D eigenvalue weighted by Crippen LogP contribution is -2.11. The van der Waals surface area contributed by atoms with Crippen LogP contribution >= 0.6 is 0 Å². The number of hydrogen-bond acceptors (Lipinski definition) is 8. The second-order valence-corrected chi connectivity index (χ2v) is 4.24. The summed E-state index contributed by atoms with van der Waals surface area (Å²) < 4.78 is 6.95. The maximum Gasteiger partial charge on any atom is 0.258 e. The summed E-state index contributed by atoms with van der Waals surface area (Å²) in [7, 11) is 1.74. The number of aryl methyl sites for hydroxylation is 1. The van der Waals surface area contributed by atoms with Gasteiger partial charge in [-0.2, -0.15) is 24.7 Å². The van der Waals surface area contributed by atoms with Gasteiger partial charge >= 0.3 is 0 Å². The standard InChI is InChI=1S/C12H14N8O/c1-8-3-4-9(21-8)5-15-11-17-10(13-2)18-12(19-11)20-7-14-6-16-20/h3-4,6-7H,5H2,1-2H3,(H2,13,15,17,18,19). The molecule has 0 unspecified atom stereocenters. The monoisotopic (exact) mass is 286 g/mol. The van der Waals surface area contributed by atoms with E-state index in [-0.39, 0.29) is 0 Å². The maximum atomic E-state index is 5.49. The molecule has 0 saturated heterocycles. The van der Waals surface area contributed by atoms with Gasteiger partial charge in [-0.05, 0) is 19.1 Å². The molecule has 0 saturated carbocycles. The topological polar surface area (TPSA) is 107 Å². The van der Waals surface area contributed by atoms with E-state index in [4.69, 9.17) is 4.42 Å². The lowest BCUT2D eigenvalue weighted by molar-refractivity contribution is 0.490. The van der Waals surface area contributed by atoms with Gasteiger partial charge in [-0.1, -0.05) is 0 Å². The molecule has 3 aromatic heterocycles. The molecule has 0 aliphatic rings. The average Bonchev–Trinajstić information content (AvgIpc) is 3.16. The van der Waals surface area contributed by atoms with Crippen LogP contribution in [-0.2, 0) is 6.54 Å². The molecule has 3 rings (SSSR count). The maximum absolute atomic E-state index is 5.49. The number of nitrogens with zero attached hydrogens (tertiary/aromatic N) is 6. The van der Waals surface area contributed by atoms with Gasteiger partial charge in [0.1, 0.15) is 24.2 Å². The number of hydrogen-bond donors (Lipinski definition) is 2. The highest BCUT2D eigenvalue weighted by Crippen LogP contribution is 2.11. The molecular formula is C12H14N8O. The van der Waals surface area contributed by atoms with E-state index in [1.807, 2.05) is 19.1 Å². The fourth-order valence-electron chi connectivity index (χ4n) is 1.72. The largest absolute Gasteiger partial charge is 0.465 e. The number of rotatable bonds is 5. The molecule has 0 radical (unpaired) electrons. The Hall–Kier alpha value is -2.97. The smallest absolute Gasteiger partial charge is 0.258 e. The summed E-state index contributed by atoms with van der Waals surface area (Å²) in [5.74, 6) is 2.91. The molecule has 108 valence electrons. The SMILES string of the molecule is CNc1nc(NCc2ccc(C)o2)nc(-n2cncn2)n1. The van der Waals surface area contributed by atoms with Crippen molar-refractivity contribution in [3.63, 3.8) is 0 Å². The van der Waals surface area contributed by atoms with Crippen LogP contribution in [-0.4, -0.2) is 36.8 Å². The van der Waals surface area contributed by atoms with Crippen molar-refractivity contribution < 1.29 is 4.42 Å². The minimum atomic E-state index is 0.380. The summed E-state index contributed by atoms with van der Waals surface area (Å²) >= 11 is 0. The Morgan fingerprint density at radius 3 is 2.71 bits per heavy atom. The van der Waals surface area contributed by atoms with Crippen LogP contribution in [0.15, 0.2) is 29.2 Å². The molecule has 9 nitrogen and oxygen atoms in total. The first-order valence-corrected chi connectivity index (χ1v) is 6.32. The Morgan fingerprint density at radius 2 is 2.05 bits per heavy atom. The Labute approximate surface area is 120 Å². The molecule has 21 heavy (non-hydrogen) atoms. The normalized spacial score (nSPS) is 10.6. The average molecular weight is 286 g/mol. The zero-order chi connectivity index (χ0) is 14.7. The lowest BCUT2D eigenvalue weighted by atomic mass is 10.4. The molecule has 0 aliphatic carbocycles. The lowest BCUT2D eigenvalue weighted by Gasteiger charge is -2.07. The quantitative estimate of drug-likeness (QED) is 0.715. The van der Waals surface area contributed by atoms with Gasteiger partial charge in [-0.15, -0.1) is 0 Å². The van der Waals surface area contributed by atoms with Gasteiger partial charge in [-0.25, -0.2) is 4.98 Å². The van der Waals surface area contributed by atoms with Crippen LogP contribution in [0.3, 0.4) is 0 Å². The van der Waals surface area contributed by atoms with Gasteiger partial charge in [0.2, 0.25) is 11.9 Å². The Morgan fingerprint density at radius 1 is 1.19 bits per heavy atom. The minimum Gasteiger partial charge on any atom is -0.465 e. The Kier molecular flexibility index (Phi) is 3.46. The molecule has 0 aliphatic heterocycles. The Balaban J connectivity index is 1.82. The van der Waals surface area contributed by atoms with Crippen LogP contribution in [0.5, 0.6) is 0 Å². The molecular weight excluding hydrogens is 272 g/mol. The minimum absolute atomic E-state index is 0.380. The number of furan rings is 1. The third kappa shape index (κ3) is 2.96. The summed E-state index contributed by atoms with van der Waals surface area (Å²) in [5, 5.41) is 9.98. The van der Waals surface area contributed by atoms with Crippen LogP contribution in [0.1, 0.15) is 11.5 Å². The zero-order valence-electron chi connectivity index (χ0n) is 11.6. The van der Waals surface area contributed by atoms with E-state index in [1.54, 1.807) is 7.05 Å². The van der Waals surface area contributed by atoms with E-state index in [9.17, 15) is 0 Å². The van der Waals surface area contributed by atoms with Crippen molar-refractivity contribution in [1.82, 2.24) is 29.7 Å². The van der Waals surface area contributed by atoms with Gasteiger partial charge in [0.15, 0.2) is 0 Å². The van der Waals surface area contributed by atoms with Gasteiger partial charge in [0, 0.05) is 7.05 Å². The second kappa shape index (κ2) is 5.57. The molecule has 0 amide bonds. The van der Waals surface area contributed by atoms with Gasteiger partial charge in [0.05, 0.1) is 6.54 Å². The molecule has 0 aromatic carbocycles. The highest BCUT2D eigenvalue weighted by atomic mass is 16.3. The highest BCUT2D eigenvalue weighted by Gasteiger charge is 2.08. The summed E-state index contributed by atoms with van der Waals surface area (Å²) in [6.45, 7) is 2.38. The zero-order valence-corrected chi connectivity index (χ0v) is 11.6. The van der Waals surface area contributed by atoms with E-state index < -0.39 is 0 Å². The van der Waals surface area contributed by atoms with Crippen molar-refractivity contribution in [2.45, 2.75) is 13.5 Å². The first-order valence-electron chi connectivity index (χ1n) is 6.32. The molecule has 3 heterocycles. The van der Waals surface area contributed by atoms with Crippen LogP contribution in [0.4, 0.5) is 11.9 Å². The predicted octanol–water partition coefficient (Wildman–Crippen LogP) is 1.01. The predicted molar refractivity (Wildman–Crippen MR) is 75.1 cm³/mol. The van der Waals surface area contributed by atoms with Crippen molar-refractivity contribution in [2.24, 2.45) is 0 Å².